The van der Waals surface area contributed by atoms with Gasteiger partial charge >= 0.3 is 6.36 Å². The van der Waals surface area contributed by atoms with Gasteiger partial charge in [-0.05, 0) is 59.6 Å². The van der Waals surface area contributed by atoms with Crippen LogP contribution in [0.25, 0.3) is 17.1 Å². The first kappa shape index (κ1) is 27.6. The van der Waals surface area contributed by atoms with Gasteiger partial charge in [0.15, 0.2) is 10.9 Å². The Morgan fingerprint density at radius 3 is 2.36 bits per heavy atom. The topological polar surface area (TPSA) is 88.4 Å². The number of ether oxygens (including phenoxy) is 1. The fourth-order valence-corrected chi connectivity index (χ4v) is 3.88. The molecule has 3 aromatic carbocycles. The summed E-state index contributed by atoms with van der Waals surface area (Å²) in [6.45, 7) is 4.24. The summed E-state index contributed by atoms with van der Waals surface area (Å²) >= 11 is 5.36. The number of hydrogen-bond donors (Lipinski definition) is 3. The predicted octanol–water partition coefficient (Wildman–Crippen LogP) is 6.32. The van der Waals surface area contributed by atoms with E-state index in [0.29, 0.717) is 28.5 Å². The minimum absolute atomic E-state index is 0.318. The van der Waals surface area contributed by atoms with Gasteiger partial charge in [-0.3, -0.25) is 5.43 Å². The maximum atomic E-state index is 12.4. The lowest BCUT2D eigenvalue weighted by atomic mass is 10.0. The standard InChI is InChI=1S/C27H26F3N7OS/c1-17(2)22-6-4-5-7-23(22)33-26(39)35-32-16-18-8-10-19(11-9-18)24-34-25(31-3)37(36-24)20-12-14-21(15-13-20)38-27(28,29)30/h4-17H,1-3H3,(H,31,34,36)(H2,33,35,39)/b32-16+. The van der Waals surface area contributed by atoms with E-state index in [-0.39, 0.29) is 5.75 Å². The number of aromatic nitrogens is 3. The van der Waals surface area contributed by atoms with Gasteiger partial charge in [-0.15, -0.1) is 18.3 Å². The average Bonchev–Trinajstić information content (AvgIpc) is 3.33. The van der Waals surface area contributed by atoms with Crippen LogP contribution in [0.4, 0.5) is 24.8 Å². The number of benzene rings is 3. The number of hydrogen-bond acceptors (Lipinski definition) is 6. The summed E-state index contributed by atoms with van der Waals surface area (Å²) in [5.41, 5.74) is 7.01. The molecule has 0 aliphatic carbocycles. The van der Waals surface area contributed by atoms with Crippen molar-refractivity contribution >= 4 is 35.2 Å². The lowest BCUT2D eigenvalue weighted by Gasteiger charge is -2.14. The molecule has 0 radical (unpaired) electrons. The molecule has 8 nitrogen and oxygen atoms in total. The van der Waals surface area contributed by atoms with Crippen LogP contribution in [0.15, 0.2) is 77.9 Å². The summed E-state index contributed by atoms with van der Waals surface area (Å²) < 4.78 is 42.8. The van der Waals surface area contributed by atoms with Crippen LogP contribution < -0.4 is 20.8 Å². The van der Waals surface area contributed by atoms with Crippen LogP contribution in [0.3, 0.4) is 0 Å². The van der Waals surface area contributed by atoms with Gasteiger partial charge in [0.1, 0.15) is 5.75 Å². The molecule has 0 saturated heterocycles. The molecule has 0 spiro atoms. The lowest BCUT2D eigenvalue weighted by Crippen LogP contribution is -2.24. The highest BCUT2D eigenvalue weighted by Crippen LogP contribution is 2.26. The van der Waals surface area contributed by atoms with Crippen LogP contribution in [0.5, 0.6) is 5.75 Å². The van der Waals surface area contributed by atoms with E-state index in [0.717, 1.165) is 22.4 Å². The number of thiocarbonyl (C=S) groups is 1. The van der Waals surface area contributed by atoms with Gasteiger partial charge in [0.05, 0.1) is 11.9 Å². The number of nitrogens with one attached hydrogen (secondary N) is 3. The fraction of sp³-hybridized carbons (Fsp3) is 0.185. The first-order chi connectivity index (χ1) is 18.6. The Hall–Kier alpha value is -4.45. The van der Waals surface area contributed by atoms with Crippen molar-refractivity contribution in [2.75, 3.05) is 17.7 Å². The predicted molar refractivity (Wildman–Crippen MR) is 151 cm³/mol. The van der Waals surface area contributed by atoms with Crippen molar-refractivity contribution in [3.8, 4) is 22.8 Å². The highest BCUT2D eigenvalue weighted by atomic mass is 32.1. The molecule has 0 amide bonds. The minimum atomic E-state index is -4.76. The smallest absolute Gasteiger partial charge is 0.406 e. The molecule has 0 fully saturated rings. The number of hydrazone groups is 1. The number of alkyl halides is 3. The van der Waals surface area contributed by atoms with Crippen LogP contribution in [-0.2, 0) is 0 Å². The molecule has 0 aliphatic heterocycles. The molecule has 1 heterocycles. The van der Waals surface area contributed by atoms with Crippen molar-refractivity contribution in [3.05, 3.63) is 83.9 Å². The Kier molecular flexibility index (Phi) is 8.45. The highest BCUT2D eigenvalue weighted by Gasteiger charge is 2.31. The first-order valence-electron chi connectivity index (χ1n) is 11.9. The van der Waals surface area contributed by atoms with E-state index in [4.69, 9.17) is 12.2 Å². The van der Waals surface area contributed by atoms with E-state index in [1.165, 1.54) is 28.9 Å². The van der Waals surface area contributed by atoms with Gasteiger partial charge in [-0.2, -0.15) is 14.8 Å². The largest absolute Gasteiger partial charge is 0.573 e. The second-order valence-corrected chi connectivity index (χ2v) is 9.06. The SMILES string of the molecule is CNc1nc(-c2ccc(/C=N/NC(=S)Nc3ccccc3C(C)C)cc2)nn1-c1ccc(OC(F)(F)F)cc1. The minimum Gasteiger partial charge on any atom is -0.406 e. The quantitative estimate of drug-likeness (QED) is 0.134. The summed E-state index contributed by atoms with van der Waals surface area (Å²) in [6.07, 6.45) is -3.12. The Labute approximate surface area is 228 Å². The van der Waals surface area contributed by atoms with Crippen molar-refractivity contribution in [1.29, 1.82) is 0 Å². The number of halogens is 3. The van der Waals surface area contributed by atoms with E-state index < -0.39 is 6.36 Å². The zero-order valence-corrected chi connectivity index (χ0v) is 22.1. The molecular weight excluding hydrogens is 527 g/mol. The van der Waals surface area contributed by atoms with Gasteiger partial charge in [0, 0.05) is 18.3 Å². The Bertz CT molecular complexity index is 1450. The molecule has 1 aromatic heterocycles. The molecule has 12 heteroatoms. The molecule has 0 saturated carbocycles. The first-order valence-corrected chi connectivity index (χ1v) is 12.3. The van der Waals surface area contributed by atoms with E-state index in [9.17, 15) is 13.2 Å². The maximum Gasteiger partial charge on any atom is 0.573 e. The maximum absolute atomic E-state index is 12.4. The third kappa shape index (κ3) is 7.32. The molecular formula is C27H26F3N7OS. The Morgan fingerprint density at radius 1 is 1.03 bits per heavy atom. The van der Waals surface area contributed by atoms with E-state index in [2.05, 4.69) is 55.9 Å². The number of rotatable bonds is 8. The van der Waals surface area contributed by atoms with Crippen molar-refractivity contribution in [2.24, 2.45) is 5.10 Å². The summed E-state index contributed by atoms with van der Waals surface area (Å²) in [4.78, 5) is 4.49. The molecule has 202 valence electrons. The average molecular weight is 554 g/mol. The third-order valence-corrected chi connectivity index (χ3v) is 5.72. The summed E-state index contributed by atoms with van der Waals surface area (Å²) in [7, 11) is 1.68. The molecule has 4 rings (SSSR count). The molecule has 0 unspecified atom stereocenters. The van der Waals surface area contributed by atoms with Gasteiger partial charge in [-0.1, -0.05) is 56.3 Å². The normalized spacial score (nSPS) is 11.6. The summed E-state index contributed by atoms with van der Waals surface area (Å²) in [5, 5.41) is 15.2. The number of para-hydroxylation sites is 1. The number of nitrogens with zero attached hydrogens (tertiary/aromatic N) is 4. The molecule has 3 N–H and O–H groups in total. The summed E-state index contributed by atoms with van der Waals surface area (Å²) in [6, 6.07) is 20.7. The van der Waals surface area contributed by atoms with Gasteiger partial charge in [0.25, 0.3) is 0 Å². The molecule has 4 aromatic rings. The zero-order chi connectivity index (χ0) is 28.0. The molecule has 0 bridgehead atoms. The van der Waals surface area contributed by atoms with Crippen LogP contribution >= 0.6 is 12.2 Å². The fourth-order valence-electron chi connectivity index (χ4n) is 3.71. The van der Waals surface area contributed by atoms with E-state index >= 15 is 0 Å². The van der Waals surface area contributed by atoms with Crippen LogP contribution in [0.2, 0.25) is 0 Å². The second-order valence-electron chi connectivity index (χ2n) is 8.65. The Balaban J connectivity index is 1.41. The van der Waals surface area contributed by atoms with Crippen molar-refractivity contribution in [3.63, 3.8) is 0 Å². The molecule has 0 atom stereocenters. The van der Waals surface area contributed by atoms with Crippen LogP contribution in [0, 0.1) is 0 Å². The second kappa shape index (κ2) is 11.9. The Morgan fingerprint density at radius 2 is 1.72 bits per heavy atom. The van der Waals surface area contributed by atoms with Crippen LogP contribution in [-0.4, -0.2) is 39.5 Å². The van der Waals surface area contributed by atoms with E-state index in [1.807, 2.05) is 42.5 Å². The monoisotopic (exact) mass is 553 g/mol. The zero-order valence-electron chi connectivity index (χ0n) is 21.3. The van der Waals surface area contributed by atoms with Gasteiger partial charge in [0.2, 0.25) is 5.95 Å². The van der Waals surface area contributed by atoms with Gasteiger partial charge < -0.3 is 15.4 Å². The lowest BCUT2D eigenvalue weighted by molar-refractivity contribution is -0.274. The van der Waals surface area contributed by atoms with E-state index in [1.54, 1.807) is 13.3 Å². The van der Waals surface area contributed by atoms with Crippen molar-refractivity contribution in [2.45, 2.75) is 26.1 Å². The molecule has 0 aliphatic rings. The van der Waals surface area contributed by atoms with Crippen LogP contribution in [0.1, 0.15) is 30.9 Å². The highest BCUT2D eigenvalue weighted by molar-refractivity contribution is 7.80. The van der Waals surface area contributed by atoms with Crippen molar-refractivity contribution < 1.29 is 17.9 Å². The third-order valence-electron chi connectivity index (χ3n) is 5.53. The van der Waals surface area contributed by atoms with Crippen molar-refractivity contribution in [1.82, 2.24) is 20.2 Å². The molecule has 39 heavy (non-hydrogen) atoms. The summed E-state index contributed by atoms with van der Waals surface area (Å²) in [5.74, 6) is 0.887. The van der Waals surface area contributed by atoms with Gasteiger partial charge in [-0.25, -0.2) is 0 Å². The number of anilines is 2.